The molecule has 0 fully saturated rings. The van der Waals surface area contributed by atoms with E-state index in [2.05, 4.69) is 0 Å². The molecule has 0 radical (unpaired) electrons. The molecule has 0 bridgehead atoms. The van der Waals surface area contributed by atoms with E-state index in [1.165, 1.54) is 0 Å². The van der Waals surface area contributed by atoms with Crippen molar-refractivity contribution in [3.05, 3.63) is 0 Å². The molecule has 0 rings (SSSR count). The molecule has 8 nitrogen and oxygen atoms in total. The minimum absolute atomic E-state index is 0.0299. The predicted molar refractivity (Wildman–Crippen MR) is 78.1 cm³/mol. The average Bonchev–Trinajstić information content (AvgIpc) is 2.54. The van der Waals surface area contributed by atoms with Gasteiger partial charge in [0.15, 0.2) is 0 Å². The van der Waals surface area contributed by atoms with Crippen molar-refractivity contribution in [3.63, 3.8) is 0 Å². The minimum Gasteiger partial charge on any atom is -0.394 e. The van der Waals surface area contributed by atoms with Gasteiger partial charge in [0, 0.05) is 0 Å². The van der Waals surface area contributed by atoms with Gasteiger partial charge in [-0.1, -0.05) is 0 Å². The van der Waals surface area contributed by atoms with Gasteiger partial charge in [-0.2, -0.15) is 0 Å². The highest BCUT2D eigenvalue weighted by atomic mass is 16.6. The van der Waals surface area contributed by atoms with Gasteiger partial charge < -0.3 is 38.3 Å². The zero-order chi connectivity index (χ0) is 16.1. The molecule has 132 valence electrons. The molecule has 0 spiro atoms. The van der Waals surface area contributed by atoms with Crippen LogP contribution in [-0.2, 0) is 33.2 Å². The Hall–Kier alpha value is -0.610. The molecular formula is C14H28O8. The molecule has 8 heteroatoms. The molecule has 1 N–H and O–H groups in total. The van der Waals surface area contributed by atoms with E-state index in [-0.39, 0.29) is 13.2 Å². The van der Waals surface area contributed by atoms with Crippen molar-refractivity contribution in [1.82, 2.24) is 0 Å². The number of hydrogen-bond acceptors (Lipinski definition) is 8. The number of rotatable bonds is 19. The number of aliphatic hydroxyl groups excluding tert-OH is 1. The summed E-state index contributed by atoms with van der Waals surface area (Å²) in [6.07, 6.45) is 0.708. The van der Waals surface area contributed by atoms with E-state index in [0.717, 1.165) is 0 Å². The first-order valence-electron chi connectivity index (χ1n) is 7.42. The third-order valence-electron chi connectivity index (χ3n) is 2.28. The number of ether oxygens (including phenoxy) is 6. The van der Waals surface area contributed by atoms with Crippen molar-refractivity contribution in [2.75, 3.05) is 85.9 Å². The summed E-state index contributed by atoms with van der Waals surface area (Å²) in [6, 6.07) is 0. The van der Waals surface area contributed by atoms with Gasteiger partial charge in [-0.05, 0) is 0 Å². The molecule has 0 aromatic rings. The summed E-state index contributed by atoms with van der Waals surface area (Å²) in [7, 11) is 0. The first-order chi connectivity index (χ1) is 10.9. The third-order valence-corrected chi connectivity index (χ3v) is 2.28. The van der Waals surface area contributed by atoms with E-state index in [4.69, 9.17) is 33.5 Å². The largest absolute Gasteiger partial charge is 0.394 e. The van der Waals surface area contributed by atoms with Gasteiger partial charge in [-0.3, -0.25) is 0 Å². The first-order valence-corrected chi connectivity index (χ1v) is 7.42. The van der Waals surface area contributed by atoms with Gasteiger partial charge >= 0.3 is 0 Å². The molecule has 0 aromatic heterocycles. The van der Waals surface area contributed by atoms with Crippen LogP contribution in [0.3, 0.4) is 0 Å². The second-order valence-electron chi connectivity index (χ2n) is 4.03. The minimum atomic E-state index is 0.0299. The second-order valence-corrected chi connectivity index (χ2v) is 4.03. The van der Waals surface area contributed by atoms with Crippen LogP contribution in [0.1, 0.15) is 0 Å². The van der Waals surface area contributed by atoms with E-state index in [1.54, 1.807) is 0 Å². The van der Waals surface area contributed by atoms with Crippen LogP contribution in [0.25, 0.3) is 0 Å². The highest BCUT2D eigenvalue weighted by Gasteiger charge is 1.93. The molecule has 0 amide bonds. The summed E-state index contributed by atoms with van der Waals surface area (Å²) in [5, 5.41) is 8.48. The Bertz CT molecular complexity index is 215. The van der Waals surface area contributed by atoms with Crippen LogP contribution in [0, 0.1) is 0 Å². The van der Waals surface area contributed by atoms with E-state index in [1.807, 2.05) is 0 Å². The number of hydrogen-bond donors (Lipinski definition) is 1. The normalized spacial score (nSPS) is 11.0. The van der Waals surface area contributed by atoms with Gasteiger partial charge in [0.1, 0.15) is 12.9 Å². The smallest absolute Gasteiger partial charge is 0.145 e. The summed E-state index contributed by atoms with van der Waals surface area (Å²) in [5.74, 6) is 0. The number of carbonyl (C=O) groups is 1. The van der Waals surface area contributed by atoms with Gasteiger partial charge in [0.25, 0.3) is 0 Å². The molecule has 0 unspecified atom stereocenters. The van der Waals surface area contributed by atoms with Gasteiger partial charge in [-0.15, -0.1) is 0 Å². The Balaban J connectivity index is 2.92. The summed E-state index contributed by atoms with van der Waals surface area (Å²) in [6.45, 7) is 5.32. The van der Waals surface area contributed by atoms with Crippen LogP contribution in [-0.4, -0.2) is 97.3 Å². The second kappa shape index (κ2) is 20.4. The quantitative estimate of drug-likeness (QED) is 0.246. The number of carbonyl (C=O) groups excluding carboxylic acids is 1. The average molecular weight is 324 g/mol. The fraction of sp³-hybridized carbons (Fsp3) is 0.929. The Labute approximate surface area is 131 Å². The Morgan fingerprint density at radius 1 is 0.545 bits per heavy atom. The lowest BCUT2D eigenvalue weighted by Gasteiger charge is -2.07. The maximum atomic E-state index is 9.96. The lowest BCUT2D eigenvalue weighted by atomic mass is 10.7. The van der Waals surface area contributed by atoms with Gasteiger partial charge in [-0.25, -0.2) is 0 Å². The maximum absolute atomic E-state index is 9.96. The topological polar surface area (TPSA) is 92.7 Å². The standard InChI is InChI=1S/C14H28O8/c15-1-3-17-5-7-19-9-11-21-13-14-22-12-10-20-8-6-18-4-2-16/h1,16H,2-14H2. The summed E-state index contributed by atoms with van der Waals surface area (Å²) in [4.78, 5) is 9.96. The summed E-state index contributed by atoms with van der Waals surface area (Å²) >= 11 is 0. The molecule has 0 heterocycles. The van der Waals surface area contributed by atoms with E-state index < -0.39 is 0 Å². The lowest BCUT2D eigenvalue weighted by molar-refractivity contribution is -0.112. The maximum Gasteiger partial charge on any atom is 0.145 e. The zero-order valence-corrected chi connectivity index (χ0v) is 13.1. The highest BCUT2D eigenvalue weighted by Crippen LogP contribution is 1.84. The predicted octanol–water partition coefficient (Wildman–Crippen LogP) is -0.723. The first kappa shape index (κ1) is 21.4. The summed E-state index contributed by atoms with van der Waals surface area (Å²) < 4.78 is 31.0. The van der Waals surface area contributed by atoms with Crippen LogP contribution < -0.4 is 0 Å². The molecule has 0 aliphatic carbocycles. The fourth-order valence-electron chi connectivity index (χ4n) is 1.30. The van der Waals surface area contributed by atoms with Crippen molar-refractivity contribution in [2.45, 2.75) is 0 Å². The molecule has 0 atom stereocenters. The van der Waals surface area contributed by atoms with E-state index >= 15 is 0 Å². The molecule has 0 aliphatic rings. The Morgan fingerprint density at radius 2 is 0.864 bits per heavy atom. The molecule has 22 heavy (non-hydrogen) atoms. The number of aldehydes is 1. The lowest BCUT2D eigenvalue weighted by Crippen LogP contribution is -2.14. The van der Waals surface area contributed by atoms with Crippen molar-refractivity contribution < 1.29 is 38.3 Å². The van der Waals surface area contributed by atoms with Crippen LogP contribution in [0.2, 0.25) is 0 Å². The summed E-state index contributed by atoms with van der Waals surface area (Å²) in [5.41, 5.74) is 0. The molecule has 0 saturated carbocycles. The third kappa shape index (κ3) is 19.4. The van der Waals surface area contributed by atoms with Crippen LogP contribution in [0.15, 0.2) is 0 Å². The van der Waals surface area contributed by atoms with Crippen LogP contribution >= 0.6 is 0 Å². The van der Waals surface area contributed by atoms with Gasteiger partial charge in [0.05, 0.1) is 79.3 Å². The van der Waals surface area contributed by atoms with E-state index in [9.17, 15) is 4.79 Å². The molecular weight excluding hydrogens is 296 g/mol. The van der Waals surface area contributed by atoms with Crippen molar-refractivity contribution in [1.29, 1.82) is 0 Å². The van der Waals surface area contributed by atoms with E-state index in [0.29, 0.717) is 79.0 Å². The molecule has 0 saturated heterocycles. The fourth-order valence-corrected chi connectivity index (χ4v) is 1.30. The van der Waals surface area contributed by atoms with Gasteiger partial charge in [0.2, 0.25) is 0 Å². The van der Waals surface area contributed by atoms with Crippen molar-refractivity contribution >= 4 is 6.29 Å². The highest BCUT2D eigenvalue weighted by molar-refractivity contribution is 5.50. The SMILES string of the molecule is O=CCOCCOCCOCCOCCOCCOCCO. The number of aliphatic hydroxyl groups is 1. The van der Waals surface area contributed by atoms with Crippen molar-refractivity contribution in [3.8, 4) is 0 Å². The van der Waals surface area contributed by atoms with Crippen molar-refractivity contribution in [2.24, 2.45) is 0 Å². The Morgan fingerprint density at radius 3 is 1.18 bits per heavy atom. The molecule has 0 aromatic carbocycles. The Kier molecular flexibility index (Phi) is 19.8. The monoisotopic (exact) mass is 324 g/mol. The zero-order valence-electron chi connectivity index (χ0n) is 13.1. The van der Waals surface area contributed by atoms with Crippen LogP contribution in [0.5, 0.6) is 0 Å². The molecule has 0 aliphatic heterocycles. The van der Waals surface area contributed by atoms with Crippen LogP contribution in [0.4, 0.5) is 0 Å².